The van der Waals surface area contributed by atoms with Crippen molar-refractivity contribution in [2.75, 3.05) is 9.80 Å². The predicted molar refractivity (Wildman–Crippen MR) is 168 cm³/mol. The minimum atomic E-state index is 0.301. The van der Waals surface area contributed by atoms with Gasteiger partial charge in [-0.05, 0) is 71.3 Å². The summed E-state index contributed by atoms with van der Waals surface area (Å²) in [7, 11) is 0. The van der Waals surface area contributed by atoms with Crippen LogP contribution in [0.1, 0.15) is 11.5 Å². The van der Waals surface area contributed by atoms with Gasteiger partial charge in [-0.25, -0.2) is 0 Å². The lowest BCUT2D eigenvalue weighted by Crippen LogP contribution is -2.28. The van der Waals surface area contributed by atoms with Crippen molar-refractivity contribution in [3.63, 3.8) is 0 Å². The van der Waals surface area contributed by atoms with E-state index >= 15 is 0 Å². The molecule has 0 bridgehead atoms. The van der Waals surface area contributed by atoms with E-state index in [1.165, 1.54) is 64.7 Å². The van der Waals surface area contributed by atoms with Crippen molar-refractivity contribution in [1.82, 2.24) is 0 Å². The molecule has 5 aromatic rings. The summed E-state index contributed by atoms with van der Waals surface area (Å²) >= 11 is 3.78. The number of anilines is 5. The molecular weight excluding hydrogens is 525 g/mol. The average Bonchev–Trinajstić information content (AvgIpc) is 3.35. The van der Waals surface area contributed by atoms with Crippen LogP contribution in [0.25, 0.3) is 11.1 Å². The van der Waals surface area contributed by atoms with E-state index in [-0.39, 0.29) is 0 Å². The van der Waals surface area contributed by atoms with Gasteiger partial charge in [-0.2, -0.15) is 0 Å². The number of hydrogen-bond acceptors (Lipinski definition) is 4. The van der Waals surface area contributed by atoms with Gasteiger partial charge < -0.3 is 9.80 Å². The molecule has 5 aromatic carbocycles. The van der Waals surface area contributed by atoms with E-state index in [1.807, 2.05) is 23.5 Å². The Morgan fingerprint density at radius 1 is 0.525 bits per heavy atom. The molecule has 190 valence electrons. The molecule has 0 N–H and O–H groups in total. The molecular formula is C36H24N2S2. The highest BCUT2D eigenvalue weighted by Gasteiger charge is 2.38. The molecule has 2 nitrogen and oxygen atoms in total. The SMILES string of the molecule is C1=CC2c3ccc(-c4cc5c6c(c4)Sc4ccccc4N6c4ccccc4S5)cc3N(c3ccccc3)C2C=C1. The standard InChI is InChI=1S/C36H24N2S2/c1-2-10-25(11-3-1)37-28-13-5-4-12-26(28)27-19-18-23(20-31(27)37)24-21-34-36-35(22-24)40-33-17-9-7-15-30(33)38(36)29-14-6-8-16-32(29)39-34/h1-22,26,28H. The van der Waals surface area contributed by atoms with E-state index in [0.717, 1.165) is 0 Å². The van der Waals surface area contributed by atoms with Gasteiger partial charge in [-0.1, -0.05) is 102 Å². The first-order chi connectivity index (χ1) is 19.8. The van der Waals surface area contributed by atoms with Gasteiger partial charge in [-0.15, -0.1) is 0 Å². The summed E-state index contributed by atoms with van der Waals surface area (Å²) in [6, 6.07) is 40.6. The maximum Gasteiger partial charge on any atom is 0.0742 e. The quantitative estimate of drug-likeness (QED) is 0.212. The molecule has 0 amide bonds. The molecule has 0 aromatic heterocycles. The molecule has 2 unspecified atom stereocenters. The summed E-state index contributed by atoms with van der Waals surface area (Å²) in [5.74, 6) is 0.367. The number of para-hydroxylation sites is 3. The molecule has 3 heterocycles. The van der Waals surface area contributed by atoms with Gasteiger partial charge in [0.1, 0.15) is 0 Å². The zero-order valence-electron chi connectivity index (χ0n) is 21.6. The second kappa shape index (κ2) is 8.69. The fourth-order valence-corrected chi connectivity index (χ4v) is 8.92. The third-order valence-corrected chi connectivity index (χ3v) is 10.5. The summed E-state index contributed by atoms with van der Waals surface area (Å²) in [4.78, 5) is 10.2. The Labute approximate surface area is 242 Å². The summed E-state index contributed by atoms with van der Waals surface area (Å²) in [5, 5.41) is 0. The highest BCUT2D eigenvalue weighted by atomic mass is 32.2. The molecule has 40 heavy (non-hydrogen) atoms. The lowest BCUT2D eigenvalue weighted by atomic mass is 9.90. The Kier molecular flexibility index (Phi) is 4.92. The Hall–Kier alpha value is -4.12. The highest BCUT2D eigenvalue weighted by molar-refractivity contribution is 8.00. The minimum absolute atomic E-state index is 0.301. The molecule has 0 saturated carbocycles. The normalized spacial score (nSPS) is 19.0. The number of benzene rings is 5. The Morgan fingerprint density at radius 3 is 1.90 bits per heavy atom. The number of nitrogens with zero attached hydrogens (tertiary/aromatic N) is 2. The van der Waals surface area contributed by atoms with Crippen LogP contribution in [0.3, 0.4) is 0 Å². The molecule has 1 aliphatic carbocycles. The van der Waals surface area contributed by atoms with E-state index < -0.39 is 0 Å². The van der Waals surface area contributed by atoms with Crippen LogP contribution >= 0.6 is 23.5 Å². The molecule has 0 saturated heterocycles. The van der Waals surface area contributed by atoms with Crippen molar-refractivity contribution in [3.05, 3.63) is 139 Å². The molecule has 4 aliphatic rings. The van der Waals surface area contributed by atoms with Crippen LogP contribution in [0.5, 0.6) is 0 Å². The van der Waals surface area contributed by atoms with Gasteiger partial charge in [0.15, 0.2) is 0 Å². The molecule has 0 radical (unpaired) electrons. The van der Waals surface area contributed by atoms with E-state index in [9.17, 15) is 0 Å². The lowest BCUT2D eigenvalue weighted by Gasteiger charge is -2.38. The number of allylic oxidation sites excluding steroid dienone is 2. The molecule has 9 rings (SSSR count). The second-order valence-electron chi connectivity index (χ2n) is 10.6. The van der Waals surface area contributed by atoms with Gasteiger partial charge in [0, 0.05) is 36.9 Å². The Bertz CT molecular complexity index is 1820. The van der Waals surface area contributed by atoms with Crippen molar-refractivity contribution < 1.29 is 0 Å². The monoisotopic (exact) mass is 548 g/mol. The Morgan fingerprint density at radius 2 is 1.18 bits per heavy atom. The first-order valence-electron chi connectivity index (χ1n) is 13.7. The van der Waals surface area contributed by atoms with E-state index in [2.05, 4.69) is 143 Å². The van der Waals surface area contributed by atoms with Crippen LogP contribution in [0.4, 0.5) is 28.4 Å². The third-order valence-electron chi connectivity index (χ3n) is 8.34. The minimum Gasteiger partial charge on any atom is -0.333 e. The van der Waals surface area contributed by atoms with Crippen molar-refractivity contribution in [1.29, 1.82) is 0 Å². The summed E-state index contributed by atoms with van der Waals surface area (Å²) in [5.41, 5.74) is 10.3. The van der Waals surface area contributed by atoms with Gasteiger partial charge in [-0.3, -0.25) is 0 Å². The predicted octanol–water partition coefficient (Wildman–Crippen LogP) is 10.5. The number of hydrogen-bond donors (Lipinski definition) is 0. The molecule has 4 heteroatoms. The molecule has 0 spiro atoms. The van der Waals surface area contributed by atoms with Crippen molar-refractivity contribution in [2.45, 2.75) is 31.5 Å². The van der Waals surface area contributed by atoms with Gasteiger partial charge >= 0.3 is 0 Å². The number of rotatable bonds is 2. The largest absolute Gasteiger partial charge is 0.333 e. The summed E-state index contributed by atoms with van der Waals surface area (Å²) in [6.45, 7) is 0. The van der Waals surface area contributed by atoms with E-state index in [0.29, 0.717) is 12.0 Å². The molecule has 3 aliphatic heterocycles. The van der Waals surface area contributed by atoms with Crippen LogP contribution in [0.2, 0.25) is 0 Å². The third kappa shape index (κ3) is 3.27. The van der Waals surface area contributed by atoms with Crippen LogP contribution in [0.15, 0.2) is 153 Å². The lowest BCUT2D eigenvalue weighted by molar-refractivity contribution is 0.745. The maximum absolute atomic E-state index is 2.52. The average molecular weight is 549 g/mol. The zero-order chi connectivity index (χ0) is 26.2. The maximum atomic E-state index is 2.52. The first-order valence-corrected chi connectivity index (χ1v) is 15.3. The van der Waals surface area contributed by atoms with Gasteiger partial charge in [0.05, 0.1) is 23.1 Å². The van der Waals surface area contributed by atoms with Crippen molar-refractivity contribution >= 4 is 52.0 Å². The smallest absolute Gasteiger partial charge is 0.0742 e. The van der Waals surface area contributed by atoms with Crippen molar-refractivity contribution in [2.24, 2.45) is 0 Å². The van der Waals surface area contributed by atoms with Crippen LogP contribution in [-0.4, -0.2) is 6.04 Å². The highest BCUT2D eigenvalue weighted by Crippen LogP contribution is 2.61. The van der Waals surface area contributed by atoms with Crippen LogP contribution < -0.4 is 9.80 Å². The first kappa shape index (κ1) is 22.7. The van der Waals surface area contributed by atoms with Gasteiger partial charge in [0.2, 0.25) is 0 Å². The van der Waals surface area contributed by atoms with Gasteiger partial charge in [0.25, 0.3) is 0 Å². The number of fused-ring (bicyclic) bond motifs is 7. The molecule has 0 fully saturated rings. The Balaban J connectivity index is 1.22. The fourth-order valence-electron chi connectivity index (χ4n) is 6.59. The van der Waals surface area contributed by atoms with E-state index in [4.69, 9.17) is 0 Å². The fraction of sp³-hybridized carbons (Fsp3) is 0.0556. The summed E-state index contributed by atoms with van der Waals surface area (Å²) < 4.78 is 0. The van der Waals surface area contributed by atoms with E-state index in [1.54, 1.807) is 0 Å². The van der Waals surface area contributed by atoms with Crippen LogP contribution in [-0.2, 0) is 0 Å². The second-order valence-corrected chi connectivity index (χ2v) is 12.7. The van der Waals surface area contributed by atoms with Crippen molar-refractivity contribution in [3.8, 4) is 11.1 Å². The summed E-state index contributed by atoms with van der Waals surface area (Å²) in [6.07, 6.45) is 9.08. The van der Waals surface area contributed by atoms with Crippen LogP contribution in [0, 0.1) is 0 Å². The molecule has 2 atom stereocenters. The topological polar surface area (TPSA) is 6.48 Å². The zero-order valence-corrected chi connectivity index (χ0v) is 23.2.